The van der Waals surface area contributed by atoms with Crippen LogP contribution in [0.15, 0.2) is 54.9 Å². The van der Waals surface area contributed by atoms with Crippen LogP contribution in [-0.4, -0.2) is 34.3 Å². The summed E-state index contributed by atoms with van der Waals surface area (Å²) in [5.74, 6) is -2.25. The quantitative estimate of drug-likeness (QED) is 0.831. The molecule has 0 radical (unpaired) electrons. The number of fused-ring (bicyclic) bond motifs is 1. The molecule has 2 aromatic carbocycles. The normalized spacial score (nSPS) is 20.7. The van der Waals surface area contributed by atoms with Crippen LogP contribution >= 0.6 is 0 Å². The predicted molar refractivity (Wildman–Crippen MR) is 103 cm³/mol. The molecule has 2 aromatic rings. The van der Waals surface area contributed by atoms with E-state index in [1.54, 1.807) is 11.2 Å². The molecule has 0 spiro atoms. The minimum Gasteiger partial charge on any atom is -0.322 e. The van der Waals surface area contributed by atoms with Gasteiger partial charge in [-0.15, -0.1) is 0 Å². The van der Waals surface area contributed by atoms with Gasteiger partial charge in [-0.3, -0.25) is 9.59 Å². The van der Waals surface area contributed by atoms with Gasteiger partial charge in [0, 0.05) is 18.5 Å². The van der Waals surface area contributed by atoms with E-state index in [0.29, 0.717) is 6.42 Å². The van der Waals surface area contributed by atoms with Crippen molar-refractivity contribution < 1.29 is 18.4 Å². The summed E-state index contributed by atoms with van der Waals surface area (Å²) in [5.41, 5.74) is 5.28. The standard InChI is InChI=1S/C21H20F2N4O2/c1-13-2-4-14(5-3-13)17-11-19-21(29)26(8-9-27(19)25-17)12-20(28)24-18-10-15(22)6-7-16(18)23/h2-10,17,19,25H,11-12H2,1H3,(H,24,28). The van der Waals surface area contributed by atoms with Crippen molar-refractivity contribution in [3.8, 4) is 0 Å². The number of amides is 2. The third kappa shape index (κ3) is 3.97. The lowest BCUT2D eigenvalue weighted by Crippen LogP contribution is -2.49. The molecule has 0 aromatic heterocycles. The number of hydrogen-bond donors (Lipinski definition) is 2. The Morgan fingerprint density at radius 1 is 1.17 bits per heavy atom. The lowest BCUT2D eigenvalue weighted by atomic mass is 10.00. The molecule has 2 aliphatic rings. The maximum atomic E-state index is 13.7. The van der Waals surface area contributed by atoms with Crippen LogP contribution in [0.2, 0.25) is 0 Å². The number of rotatable bonds is 4. The Morgan fingerprint density at radius 2 is 1.93 bits per heavy atom. The van der Waals surface area contributed by atoms with Crippen molar-refractivity contribution in [1.82, 2.24) is 15.3 Å². The molecule has 8 heteroatoms. The second-order valence-corrected chi connectivity index (χ2v) is 7.19. The molecule has 0 bridgehead atoms. The fourth-order valence-corrected chi connectivity index (χ4v) is 3.52. The van der Waals surface area contributed by atoms with E-state index < -0.39 is 23.6 Å². The van der Waals surface area contributed by atoms with Crippen molar-refractivity contribution >= 4 is 17.5 Å². The Bertz CT molecular complexity index is 977. The average Bonchev–Trinajstić information content (AvgIpc) is 3.13. The summed E-state index contributed by atoms with van der Waals surface area (Å²) in [6.07, 6.45) is 3.77. The summed E-state index contributed by atoms with van der Waals surface area (Å²) < 4.78 is 27.0. The largest absolute Gasteiger partial charge is 0.322 e. The lowest BCUT2D eigenvalue weighted by molar-refractivity contribution is -0.137. The zero-order chi connectivity index (χ0) is 20.5. The van der Waals surface area contributed by atoms with Gasteiger partial charge in [0.2, 0.25) is 5.91 Å². The van der Waals surface area contributed by atoms with Crippen LogP contribution in [0, 0.1) is 18.6 Å². The molecule has 2 N–H and O–H groups in total. The molecule has 1 fully saturated rings. The maximum Gasteiger partial charge on any atom is 0.251 e. The zero-order valence-corrected chi connectivity index (χ0v) is 15.7. The van der Waals surface area contributed by atoms with E-state index >= 15 is 0 Å². The van der Waals surface area contributed by atoms with Crippen LogP contribution in [0.3, 0.4) is 0 Å². The van der Waals surface area contributed by atoms with Gasteiger partial charge in [0.1, 0.15) is 24.2 Å². The second-order valence-electron chi connectivity index (χ2n) is 7.19. The third-order valence-corrected chi connectivity index (χ3v) is 5.07. The van der Waals surface area contributed by atoms with Gasteiger partial charge < -0.3 is 15.2 Å². The Kier molecular flexibility index (Phi) is 5.02. The summed E-state index contributed by atoms with van der Waals surface area (Å²) in [5, 5.41) is 4.05. The van der Waals surface area contributed by atoms with Crippen molar-refractivity contribution in [2.45, 2.75) is 25.4 Å². The topological polar surface area (TPSA) is 64.7 Å². The summed E-state index contributed by atoms with van der Waals surface area (Å²) in [4.78, 5) is 26.4. The van der Waals surface area contributed by atoms with E-state index in [-0.39, 0.29) is 24.2 Å². The van der Waals surface area contributed by atoms with Crippen LogP contribution in [0.4, 0.5) is 14.5 Å². The molecule has 2 atom stereocenters. The van der Waals surface area contributed by atoms with E-state index in [2.05, 4.69) is 10.7 Å². The Morgan fingerprint density at radius 3 is 2.69 bits per heavy atom. The number of anilines is 1. The van der Waals surface area contributed by atoms with Crippen LogP contribution in [0.25, 0.3) is 0 Å². The number of nitrogens with zero attached hydrogens (tertiary/aromatic N) is 2. The molecule has 29 heavy (non-hydrogen) atoms. The fourth-order valence-electron chi connectivity index (χ4n) is 3.52. The summed E-state index contributed by atoms with van der Waals surface area (Å²) in [7, 11) is 0. The minimum atomic E-state index is -0.743. The molecular formula is C21H20F2N4O2. The minimum absolute atomic E-state index is 0.00985. The molecular weight excluding hydrogens is 378 g/mol. The highest BCUT2D eigenvalue weighted by molar-refractivity contribution is 5.96. The molecule has 0 aliphatic carbocycles. The number of hydrazine groups is 1. The first-order valence-electron chi connectivity index (χ1n) is 9.25. The Labute approximate surface area is 166 Å². The summed E-state index contributed by atoms with van der Waals surface area (Å²) in [6.45, 7) is 1.73. The lowest BCUT2D eigenvalue weighted by Gasteiger charge is -2.31. The number of benzene rings is 2. The molecule has 4 rings (SSSR count). The van der Waals surface area contributed by atoms with Crippen LogP contribution in [0.5, 0.6) is 0 Å². The number of carbonyl (C=O) groups excluding carboxylic acids is 2. The summed E-state index contributed by atoms with van der Waals surface area (Å²) >= 11 is 0. The first-order valence-corrected chi connectivity index (χ1v) is 9.25. The smallest absolute Gasteiger partial charge is 0.251 e. The SMILES string of the molecule is Cc1ccc(C2CC3C(=O)N(CC(=O)Nc4cc(F)ccc4F)C=CN3N2)cc1. The van der Waals surface area contributed by atoms with Crippen molar-refractivity contribution in [3.63, 3.8) is 0 Å². The van der Waals surface area contributed by atoms with Gasteiger partial charge in [-0.2, -0.15) is 0 Å². The molecule has 0 saturated carbocycles. The molecule has 150 valence electrons. The number of carbonyl (C=O) groups is 2. The third-order valence-electron chi connectivity index (χ3n) is 5.07. The highest BCUT2D eigenvalue weighted by Gasteiger charge is 2.40. The number of nitrogens with one attached hydrogen (secondary N) is 2. The Balaban J connectivity index is 1.41. The van der Waals surface area contributed by atoms with Crippen LogP contribution in [-0.2, 0) is 9.59 Å². The van der Waals surface area contributed by atoms with Gasteiger partial charge in [-0.1, -0.05) is 29.8 Å². The molecule has 2 unspecified atom stereocenters. The maximum absolute atomic E-state index is 13.7. The molecule has 2 aliphatic heterocycles. The van der Waals surface area contributed by atoms with E-state index in [1.807, 2.05) is 31.2 Å². The average molecular weight is 398 g/mol. The molecule has 2 heterocycles. The van der Waals surface area contributed by atoms with Gasteiger partial charge in [-0.25, -0.2) is 14.2 Å². The van der Waals surface area contributed by atoms with E-state index in [0.717, 1.165) is 29.3 Å². The van der Waals surface area contributed by atoms with Crippen molar-refractivity contribution in [2.24, 2.45) is 0 Å². The highest BCUT2D eigenvalue weighted by atomic mass is 19.1. The first kappa shape index (κ1) is 19.1. The molecule has 1 saturated heterocycles. The fraction of sp³-hybridized carbons (Fsp3) is 0.238. The van der Waals surface area contributed by atoms with Crippen molar-refractivity contribution in [2.75, 3.05) is 11.9 Å². The van der Waals surface area contributed by atoms with Crippen molar-refractivity contribution in [3.05, 3.63) is 77.6 Å². The zero-order valence-electron chi connectivity index (χ0n) is 15.7. The van der Waals surface area contributed by atoms with Crippen LogP contribution in [0.1, 0.15) is 23.6 Å². The highest BCUT2D eigenvalue weighted by Crippen LogP contribution is 2.30. The van der Waals surface area contributed by atoms with E-state index in [1.165, 1.54) is 11.1 Å². The summed E-state index contributed by atoms with van der Waals surface area (Å²) in [6, 6.07) is 10.4. The van der Waals surface area contributed by atoms with Gasteiger partial charge in [0.15, 0.2) is 0 Å². The molecule has 2 amide bonds. The Hall–Kier alpha value is -3.26. The van der Waals surface area contributed by atoms with Crippen molar-refractivity contribution in [1.29, 1.82) is 0 Å². The molecule has 6 nitrogen and oxygen atoms in total. The number of aryl methyl sites for hydroxylation is 1. The predicted octanol–water partition coefficient (Wildman–Crippen LogP) is 2.85. The second kappa shape index (κ2) is 7.63. The van der Waals surface area contributed by atoms with Crippen LogP contribution < -0.4 is 10.7 Å². The van der Waals surface area contributed by atoms with Gasteiger partial charge in [-0.05, 0) is 31.0 Å². The van der Waals surface area contributed by atoms with E-state index in [4.69, 9.17) is 0 Å². The first-order chi connectivity index (χ1) is 13.9. The van der Waals surface area contributed by atoms with Gasteiger partial charge in [0.25, 0.3) is 5.91 Å². The van der Waals surface area contributed by atoms with Gasteiger partial charge >= 0.3 is 0 Å². The van der Waals surface area contributed by atoms with E-state index in [9.17, 15) is 18.4 Å². The van der Waals surface area contributed by atoms with Gasteiger partial charge in [0.05, 0.1) is 11.7 Å². The number of hydrogen-bond acceptors (Lipinski definition) is 4. The number of halogens is 2. The monoisotopic (exact) mass is 398 g/mol.